The second-order valence-electron chi connectivity index (χ2n) is 7.44. The quantitative estimate of drug-likeness (QED) is 0.883. The van der Waals surface area contributed by atoms with Crippen LogP contribution in [0, 0.1) is 25.7 Å². The molecule has 4 rings (SSSR count). The Labute approximate surface area is 141 Å². The third kappa shape index (κ3) is 2.59. The van der Waals surface area contributed by atoms with Crippen molar-refractivity contribution in [1.82, 2.24) is 15.5 Å². The van der Waals surface area contributed by atoms with Crippen LogP contribution in [0.4, 0.5) is 0 Å². The van der Waals surface area contributed by atoms with Gasteiger partial charge in [0.05, 0.1) is 16.6 Å². The number of nitrogens with two attached hydrogens (primary N) is 1. The molecule has 128 valence electrons. The highest BCUT2D eigenvalue weighted by Gasteiger charge is 2.40. The summed E-state index contributed by atoms with van der Waals surface area (Å²) in [5, 5.41) is 7.98. The first-order chi connectivity index (χ1) is 11.5. The van der Waals surface area contributed by atoms with Crippen LogP contribution in [-0.4, -0.2) is 28.1 Å². The van der Waals surface area contributed by atoms with E-state index in [1.54, 1.807) is 0 Å². The van der Waals surface area contributed by atoms with E-state index in [-0.39, 0.29) is 18.0 Å². The second kappa shape index (κ2) is 5.84. The Hall–Kier alpha value is -1.95. The predicted octanol–water partition coefficient (Wildman–Crippen LogP) is 2.48. The number of carbonyl (C=O) groups is 1. The first-order valence-corrected chi connectivity index (χ1v) is 8.83. The van der Waals surface area contributed by atoms with E-state index in [0.29, 0.717) is 28.8 Å². The van der Waals surface area contributed by atoms with Crippen molar-refractivity contribution in [3.05, 3.63) is 23.0 Å². The van der Waals surface area contributed by atoms with Crippen molar-refractivity contribution >= 4 is 17.0 Å². The minimum atomic E-state index is -0.0471. The Bertz CT molecular complexity index is 771. The molecule has 6 nitrogen and oxygen atoms in total. The fourth-order valence-electron chi connectivity index (χ4n) is 4.65. The summed E-state index contributed by atoms with van der Waals surface area (Å²) >= 11 is 0. The van der Waals surface area contributed by atoms with Gasteiger partial charge in [-0.3, -0.25) is 4.79 Å². The van der Waals surface area contributed by atoms with Crippen molar-refractivity contribution in [2.24, 2.45) is 17.6 Å². The number of nitrogens with zero attached hydrogens (tertiary/aromatic N) is 2. The molecular formula is C18H24N4O2. The van der Waals surface area contributed by atoms with Gasteiger partial charge in [-0.2, -0.15) is 0 Å². The van der Waals surface area contributed by atoms with Crippen molar-refractivity contribution in [3.8, 4) is 0 Å². The summed E-state index contributed by atoms with van der Waals surface area (Å²) < 4.78 is 5.24. The van der Waals surface area contributed by atoms with Crippen LogP contribution in [0.5, 0.6) is 0 Å². The molecule has 0 spiro atoms. The van der Waals surface area contributed by atoms with Gasteiger partial charge in [-0.05, 0) is 57.4 Å². The predicted molar refractivity (Wildman–Crippen MR) is 90.6 cm³/mol. The molecule has 0 aliphatic heterocycles. The van der Waals surface area contributed by atoms with E-state index in [9.17, 15) is 4.79 Å². The van der Waals surface area contributed by atoms with Crippen molar-refractivity contribution in [3.63, 3.8) is 0 Å². The van der Waals surface area contributed by atoms with Crippen molar-refractivity contribution in [2.75, 3.05) is 0 Å². The minimum Gasteiger partial charge on any atom is -0.349 e. The maximum absolute atomic E-state index is 13.0. The Balaban J connectivity index is 1.64. The lowest BCUT2D eigenvalue weighted by Crippen LogP contribution is -2.53. The Morgan fingerprint density at radius 1 is 1.29 bits per heavy atom. The molecule has 2 heterocycles. The zero-order chi connectivity index (χ0) is 16.8. The van der Waals surface area contributed by atoms with Crippen LogP contribution in [0.1, 0.15) is 53.8 Å². The summed E-state index contributed by atoms with van der Waals surface area (Å²) in [6.07, 6.45) is 5.59. The number of carbonyl (C=O) groups excluding carboxylic acids is 1. The van der Waals surface area contributed by atoms with E-state index in [4.69, 9.17) is 10.3 Å². The van der Waals surface area contributed by atoms with Gasteiger partial charge < -0.3 is 15.6 Å². The highest BCUT2D eigenvalue weighted by Crippen LogP contribution is 2.40. The van der Waals surface area contributed by atoms with E-state index in [0.717, 1.165) is 36.8 Å². The molecule has 0 radical (unpaired) electrons. The molecule has 3 N–H and O–H groups in total. The minimum absolute atomic E-state index is 0.0471. The summed E-state index contributed by atoms with van der Waals surface area (Å²) in [7, 11) is 0. The largest absolute Gasteiger partial charge is 0.349 e. The number of pyridine rings is 1. The summed E-state index contributed by atoms with van der Waals surface area (Å²) in [6.45, 7) is 3.70. The number of aromatic nitrogens is 2. The maximum Gasteiger partial charge on any atom is 0.258 e. The van der Waals surface area contributed by atoms with Gasteiger partial charge in [0.2, 0.25) is 0 Å². The first kappa shape index (κ1) is 15.6. The third-order valence-electron chi connectivity index (χ3n) is 5.66. The topological polar surface area (TPSA) is 94.0 Å². The number of aryl methyl sites for hydroxylation is 2. The lowest BCUT2D eigenvalue weighted by atomic mass is 9.67. The average molecular weight is 328 g/mol. The first-order valence-electron chi connectivity index (χ1n) is 8.83. The summed E-state index contributed by atoms with van der Waals surface area (Å²) in [5.74, 6) is 0.950. The molecule has 24 heavy (non-hydrogen) atoms. The van der Waals surface area contributed by atoms with Crippen LogP contribution < -0.4 is 11.1 Å². The Kier molecular flexibility index (Phi) is 3.79. The molecule has 2 aromatic rings. The summed E-state index contributed by atoms with van der Waals surface area (Å²) in [5.41, 5.74) is 8.70. The molecule has 0 aromatic carbocycles. The number of rotatable bonds is 2. The van der Waals surface area contributed by atoms with Crippen LogP contribution in [0.3, 0.4) is 0 Å². The fraction of sp³-hybridized carbons (Fsp3) is 0.611. The normalized spacial score (nSPS) is 29.6. The smallest absolute Gasteiger partial charge is 0.258 e. The fourth-order valence-corrected chi connectivity index (χ4v) is 4.65. The molecule has 2 atom stereocenters. The number of hydrogen-bond acceptors (Lipinski definition) is 5. The monoisotopic (exact) mass is 328 g/mol. The lowest BCUT2D eigenvalue weighted by molar-refractivity contribution is 0.0757. The average Bonchev–Trinajstić information content (AvgIpc) is 2.88. The van der Waals surface area contributed by atoms with Crippen LogP contribution in [0.15, 0.2) is 10.6 Å². The number of hydrogen-bond donors (Lipinski definition) is 2. The molecule has 2 aliphatic carbocycles. The molecule has 2 unspecified atom stereocenters. The molecule has 2 saturated carbocycles. The van der Waals surface area contributed by atoms with Crippen LogP contribution in [0.25, 0.3) is 11.1 Å². The van der Waals surface area contributed by atoms with Crippen molar-refractivity contribution in [2.45, 2.75) is 58.0 Å². The Morgan fingerprint density at radius 3 is 2.71 bits per heavy atom. The van der Waals surface area contributed by atoms with Gasteiger partial charge in [-0.1, -0.05) is 11.6 Å². The van der Waals surface area contributed by atoms with E-state index in [2.05, 4.69) is 15.5 Å². The molecule has 2 bridgehead atoms. The zero-order valence-electron chi connectivity index (χ0n) is 14.2. The standard InChI is InChI=1S/C18H24N4O2/c1-9-6-14(15-10(2)22-24-18(15)20-9)17(23)21-16-11-4-3-5-12(16)8-13(19)7-11/h6,11-13,16H,3-5,7-8,19H2,1-2H3,(H,21,23). The zero-order valence-corrected chi connectivity index (χ0v) is 14.2. The highest BCUT2D eigenvalue weighted by atomic mass is 16.5. The van der Waals surface area contributed by atoms with Crippen LogP contribution in [-0.2, 0) is 0 Å². The molecular weight excluding hydrogens is 304 g/mol. The molecule has 2 aromatic heterocycles. The summed E-state index contributed by atoms with van der Waals surface area (Å²) in [6, 6.07) is 2.34. The molecule has 1 amide bonds. The Morgan fingerprint density at radius 2 is 2.00 bits per heavy atom. The molecule has 6 heteroatoms. The van der Waals surface area contributed by atoms with E-state index in [1.165, 1.54) is 6.42 Å². The molecule has 2 aliphatic rings. The van der Waals surface area contributed by atoms with Gasteiger partial charge in [-0.15, -0.1) is 0 Å². The van der Waals surface area contributed by atoms with Crippen molar-refractivity contribution in [1.29, 1.82) is 0 Å². The highest BCUT2D eigenvalue weighted by molar-refractivity contribution is 6.06. The van der Waals surface area contributed by atoms with Gasteiger partial charge in [0.15, 0.2) is 0 Å². The van der Waals surface area contributed by atoms with Gasteiger partial charge in [0.25, 0.3) is 11.6 Å². The third-order valence-corrected chi connectivity index (χ3v) is 5.66. The molecule has 2 fully saturated rings. The van der Waals surface area contributed by atoms with E-state index < -0.39 is 0 Å². The van der Waals surface area contributed by atoms with Gasteiger partial charge in [0.1, 0.15) is 0 Å². The van der Waals surface area contributed by atoms with Gasteiger partial charge in [-0.25, -0.2) is 4.98 Å². The second-order valence-corrected chi connectivity index (χ2v) is 7.44. The van der Waals surface area contributed by atoms with E-state index in [1.807, 2.05) is 19.9 Å². The molecule has 0 saturated heterocycles. The SMILES string of the molecule is Cc1cc(C(=O)NC2C3CCCC2CC(N)C3)c2c(C)noc2n1. The van der Waals surface area contributed by atoms with Crippen LogP contribution >= 0.6 is 0 Å². The summed E-state index contributed by atoms with van der Waals surface area (Å²) in [4.78, 5) is 17.3. The van der Waals surface area contributed by atoms with Crippen molar-refractivity contribution < 1.29 is 9.32 Å². The maximum atomic E-state index is 13.0. The number of fused-ring (bicyclic) bond motifs is 3. The van der Waals surface area contributed by atoms with Crippen LogP contribution in [0.2, 0.25) is 0 Å². The van der Waals surface area contributed by atoms with Gasteiger partial charge in [0, 0.05) is 17.8 Å². The van der Waals surface area contributed by atoms with Gasteiger partial charge >= 0.3 is 0 Å². The number of amides is 1. The lowest BCUT2D eigenvalue weighted by Gasteiger charge is -2.45. The number of nitrogens with one attached hydrogen (secondary N) is 1. The van der Waals surface area contributed by atoms with E-state index >= 15 is 0 Å².